The van der Waals surface area contributed by atoms with Gasteiger partial charge in [-0.1, -0.05) is 18.2 Å². The second kappa shape index (κ2) is 4.01. The van der Waals surface area contributed by atoms with Crippen molar-refractivity contribution in [2.45, 2.75) is 12.5 Å². The summed E-state index contributed by atoms with van der Waals surface area (Å²) in [6.45, 7) is 0. The van der Waals surface area contributed by atoms with E-state index in [1.165, 1.54) is 0 Å². The van der Waals surface area contributed by atoms with Crippen LogP contribution < -0.4 is 4.74 Å². The molecule has 1 aromatic heterocycles. The topological polar surface area (TPSA) is 39.2 Å². The molecule has 3 nitrogen and oxygen atoms in total. The summed E-state index contributed by atoms with van der Waals surface area (Å²) >= 11 is 0. The highest BCUT2D eigenvalue weighted by Crippen LogP contribution is 2.33. The maximum absolute atomic E-state index is 12.0. The first-order valence-corrected chi connectivity index (χ1v) is 5.54. The van der Waals surface area contributed by atoms with Crippen molar-refractivity contribution in [1.82, 2.24) is 4.98 Å². The number of benzene rings is 1. The number of ketones is 1. The van der Waals surface area contributed by atoms with Gasteiger partial charge >= 0.3 is 0 Å². The molecule has 0 aliphatic carbocycles. The van der Waals surface area contributed by atoms with E-state index in [9.17, 15) is 4.79 Å². The van der Waals surface area contributed by atoms with Crippen molar-refractivity contribution >= 4 is 5.78 Å². The molecule has 0 unspecified atom stereocenters. The first kappa shape index (κ1) is 10.0. The minimum absolute atomic E-state index is 0.113. The molecule has 2 aromatic rings. The Morgan fingerprint density at radius 2 is 1.94 bits per heavy atom. The molecule has 3 rings (SSSR count). The Bertz CT molecular complexity index is 551. The van der Waals surface area contributed by atoms with Gasteiger partial charge in [-0.05, 0) is 24.3 Å². The van der Waals surface area contributed by atoms with Crippen molar-refractivity contribution in [3.05, 3.63) is 59.9 Å². The molecule has 1 aliphatic heterocycles. The number of fused-ring (bicyclic) bond motifs is 1. The highest BCUT2D eigenvalue weighted by atomic mass is 16.5. The van der Waals surface area contributed by atoms with Crippen molar-refractivity contribution < 1.29 is 9.53 Å². The average Bonchev–Trinajstić information content (AvgIpc) is 2.40. The molecule has 3 heteroatoms. The van der Waals surface area contributed by atoms with Crippen LogP contribution in [0.5, 0.6) is 5.75 Å². The first-order chi connectivity index (χ1) is 8.34. The fourth-order valence-electron chi connectivity index (χ4n) is 2.00. The number of Topliss-reactive ketones (excluding diaryl/α,β-unsaturated/α-hetero) is 1. The number of hydrogen-bond donors (Lipinski definition) is 0. The number of ether oxygens (including phenoxy) is 1. The van der Waals surface area contributed by atoms with E-state index in [0.29, 0.717) is 17.7 Å². The third-order valence-corrected chi connectivity index (χ3v) is 2.85. The van der Waals surface area contributed by atoms with Crippen LogP contribution in [0.1, 0.15) is 28.6 Å². The minimum atomic E-state index is -0.265. The van der Waals surface area contributed by atoms with Crippen molar-refractivity contribution in [2.24, 2.45) is 0 Å². The van der Waals surface area contributed by atoms with Gasteiger partial charge in [-0.2, -0.15) is 0 Å². The van der Waals surface area contributed by atoms with Crippen molar-refractivity contribution in [2.75, 3.05) is 0 Å². The van der Waals surface area contributed by atoms with E-state index < -0.39 is 0 Å². The van der Waals surface area contributed by atoms with Crippen LogP contribution in [-0.4, -0.2) is 10.8 Å². The third kappa shape index (κ3) is 1.80. The minimum Gasteiger partial charge on any atom is -0.483 e. The van der Waals surface area contributed by atoms with Gasteiger partial charge in [0.15, 0.2) is 5.78 Å². The Labute approximate surface area is 99.1 Å². The van der Waals surface area contributed by atoms with Crippen LogP contribution in [0, 0.1) is 0 Å². The summed E-state index contributed by atoms with van der Waals surface area (Å²) in [4.78, 5) is 16.2. The van der Waals surface area contributed by atoms with Crippen molar-refractivity contribution in [1.29, 1.82) is 0 Å². The number of nitrogens with zero attached hydrogens (tertiary/aromatic N) is 1. The molecule has 17 heavy (non-hydrogen) atoms. The van der Waals surface area contributed by atoms with Gasteiger partial charge in [-0.3, -0.25) is 9.78 Å². The molecule has 0 saturated carbocycles. The Morgan fingerprint density at radius 3 is 2.76 bits per heavy atom. The molecular formula is C14H11NO2. The average molecular weight is 225 g/mol. The molecule has 1 atom stereocenters. The van der Waals surface area contributed by atoms with Gasteiger partial charge in [0.1, 0.15) is 11.9 Å². The molecule has 0 N–H and O–H groups in total. The second-order valence-corrected chi connectivity index (χ2v) is 3.98. The van der Waals surface area contributed by atoms with E-state index in [4.69, 9.17) is 4.74 Å². The van der Waals surface area contributed by atoms with Gasteiger partial charge in [-0.15, -0.1) is 0 Å². The molecule has 0 fully saturated rings. The highest BCUT2D eigenvalue weighted by molar-refractivity contribution is 5.99. The smallest absolute Gasteiger partial charge is 0.170 e. The summed E-state index contributed by atoms with van der Waals surface area (Å²) < 4.78 is 5.81. The Hall–Kier alpha value is -2.16. The quantitative estimate of drug-likeness (QED) is 0.749. The van der Waals surface area contributed by atoms with E-state index >= 15 is 0 Å². The van der Waals surface area contributed by atoms with Crippen LogP contribution in [0.2, 0.25) is 0 Å². The zero-order valence-corrected chi connectivity index (χ0v) is 9.17. The second-order valence-electron chi connectivity index (χ2n) is 3.98. The summed E-state index contributed by atoms with van der Waals surface area (Å²) in [7, 11) is 0. The lowest BCUT2D eigenvalue weighted by Crippen LogP contribution is -2.20. The van der Waals surface area contributed by atoms with E-state index in [0.717, 1.165) is 5.69 Å². The summed E-state index contributed by atoms with van der Waals surface area (Å²) in [6.07, 6.45) is 1.80. The lowest BCUT2D eigenvalue weighted by atomic mass is 9.99. The number of aromatic nitrogens is 1. The number of rotatable bonds is 1. The predicted octanol–water partition coefficient (Wildman–Crippen LogP) is 2.79. The summed E-state index contributed by atoms with van der Waals surface area (Å²) in [5.74, 6) is 0.766. The zero-order chi connectivity index (χ0) is 11.7. The van der Waals surface area contributed by atoms with Gasteiger partial charge in [0.25, 0.3) is 0 Å². The first-order valence-electron chi connectivity index (χ1n) is 5.54. The Balaban J connectivity index is 1.97. The van der Waals surface area contributed by atoms with Gasteiger partial charge in [0.05, 0.1) is 17.7 Å². The number of para-hydroxylation sites is 1. The normalized spacial score (nSPS) is 18.4. The van der Waals surface area contributed by atoms with Crippen LogP contribution in [0.15, 0.2) is 48.7 Å². The molecule has 0 saturated heterocycles. The van der Waals surface area contributed by atoms with Gasteiger partial charge < -0.3 is 4.74 Å². The zero-order valence-electron chi connectivity index (χ0n) is 9.17. The van der Waals surface area contributed by atoms with Crippen molar-refractivity contribution in [3.63, 3.8) is 0 Å². The van der Waals surface area contributed by atoms with Crippen LogP contribution >= 0.6 is 0 Å². The van der Waals surface area contributed by atoms with Gasteiger partial charge in [0, 0.05) is 6.20 Å². The summed E-state index contributed by atoms with van der Waals surface area (Å²) in [5, 5.41) is 0. The predicted molar refractivity (Wildman–Crippen MR) is 63.0 cm³/mol. The highest BCUT2D eigenvalue weighted by Gasteiger charge is 2.27. The number of hydrogen-bond acceptors (Lipinski definition) is 3. The van der Waals surface area contributed by atoms with Crippen LogP contribution in [0.25, 0.3) is 0 Å². The lowest BCUT2D eigenvalue weighted by molar-refractivity contribution is 0.0845. The fourth-order valence-corrected chi connectivity index (χ4v) is 2.00. The largest absolute Gasteiger partial charge is 0.483 e. The van der Waals surface area contributed by atoms with E-state index in [1.807, 2.05) is 36.4 Å². The number of carbonyl (C=O) groups is 1. The van der Waals surface area contributed by atoms with E-state index in [1.54, 1.807) is 12.3 Å². The lowest BCUT2D eigenvalue weighted by Gasteiger charge is -2.24. The molecular weight excluding hydrogens is 214 g/mol. The standard InChI is InChI=1S/C14H11NO2/c16-12-9-14(11-6-3-4-8-15-11)17-13-7-2-1-5-10(12)13/h1-8,14H,9H2/t14-/m0/s1. The molecule has 84 valence electrons. The number of carbonyl (C=O) groups excluding carboxylic acids is 1. The van der Waals surface area contributed by atoms with Gasteiger partial charge in [0.2, 0.25) is 0 Å². The molecule has 0 bridgehead atoms. The molecule has 1 aromatic carbocycles. The van der Waals surface area contributed by atoms with Crippen LogP contribution in [0.3, 0.4) is 0 Å². The molecule has 2 heterocycles. The Morgan fingerprint density at radius 1 is 1.12 bits per heavy atom. The van der Waals surface area contributed by atoms with Crippen LogP contribution in [-0.2, 0) is 0 Å². The van der Waals surface area contributed by atoms with E-state index in [-0.39, 0.29) is 11.9 Å². The summed E-state index contributed by atoms with van der Waals surface area (Å²) in [5.41, 5.74) is 1.47. The number of pyridine rings is 1. The molecule has 0 radical (unpaired) electrons. The molecule has 0 spiro atoms. The molecule has 0 amide bonds. The van der Waals surface area contributed by atoms with Crippen molar-refractivity contribution in [3.8, 4) is 5.75 Å². The molecule has 1 aliphatic rings. The maximum Gasteiger partial charge on any atom is 0.170 e. The monoisotopic (exact) mass is 225 g/mol. The fraction of sp³-hybridized carbons (Fsp3) is 0.143. The third-order valence-electron chi connectivity index (χ3n) is 2.85. The van der Waals surface area contributed by atoms with Gasteiger partial charge in [-0.25, -0.2) is 0 Å². The maximum atomic E-state index is 12.0. The Kier molecular flexibility index (Phi) is 2.37. The SMILES string of the molecule is O=C1C[C@@H](c2ccccn2)Oc2ccccc21. The van der Waals surface area contributed by atoms with E-state index in [2.05, 4.69) is 4.98 Å². The summed E-state index contributed by atoms with van der Waals surface area (Å²) in [6, 6.07) is 13.0. The van der Waals surface area contributed by atoms with Crippen LogP contribution in [0.4, 0.5) is 0 Å².